The minimum absolute atomic E-state index is 0. The van der Waals surface area contributed by atoms with Crippen molar-refractivity contribution in [3.63, 3.8) is 0 Å². The van der Waals surface area contributed by atoms with Crippen LogP contribution < -0.4 is 10.1 Å². The summed E-state index contributed by atoms with van der Waals surface area (Å²) in [6.07, 6.45) is 6.90. The first kappa shape index (κ1) is 19.5. The third-order valence-electron chi connectivity index (χ3n) is 6.03. The number of rotatable bonds is 5. The maximum Gasteiger partial charge on any atom is 0.220 e. The first-order valence-corrected chi connectivity index (χ1v) is 9.95. The Bertz CT molecular complexity index is 1060. The smallest absolute Gasteiger partial charge is 0.220 e. The lowest BCUT2D eigenvalue weighted by atomic mass is 10.0. The maximum absolute atomic E-state index is 11.6. The summed E-state index contributed by atoms with van der Waals surface area (Å²) < 4.78 is 10.4. The van der Waals surface area contributed by atoms with Gasteiger partial charge in [-0.3, -0.25) is 14.2 Å². The summed E-state index contributed by atoms with van der Waals surface area (Å²) in [5.41, 5.74) is 4.12. The Morgan fingerprint density at radius 3 is 2.76 bits per heavy atom. The Balaban J connectivity index is 0.00000205. The van der Waals surface area contributed by atoms with E-state index in [0.717, 1.165) is 33.5 Å². The van der Waals surface area contributed by atoms with Gasteiger partial charge in [0, 0.05) is 43.4 Å². The average molecular weight is 396 g/mol. The number of aromatic nitrogens is 4. The lowest BCUT2D eigenvalue weighted by molar-refractivity contribution is -0.119. The van der Waals surface area contributed by atoms with Gasteiger partial charge in [0.15, 0.2) is 0 Å². The molecule has 5 rings (SSSR count). The molecule has 1 aromatic carbocycles. The van der Waals surface area contributed by atoms with E-state index in [-0.39, 0.29) is 25.4 Å². The average Bonchev–Trinajstić information content (AvgIpc) is 3.09. The fourth-order valence-corrected chi connectivity index (χ4v) is 3.98. The Labute approximate surface area is 171 Å². The van der Waals surface area contributed by atoms with Gasteiger partial charge < -0.3 is 10.1 Å². The fourth-order valence-electron chi connectivity index (χ4n) is 3.98. The highest BCUT2D eigenvalue weighted by Crippen LogP contribution is 2.38. The fraction of sp³-hybridized carbons (Fsp3) is 0.500. The highest BCUT2D eigenvalue weighted by molar-refractivity contribution is 5.92. The summed E-state index contributed by atoms with van der Waals surface area (Å²) in [6, 6.07) is 4.75. The van der Waals surface area contributed by atoms with Crippen LogP contribution in [0.4, 0.5) is 0 Å². The summed E-state index contributed by atoms with van der Waals surface area (Å²) in [6.45, 7) is 4.77. The Morgan fingerprint density at radius 2 is 2.07 bits per heavy atom. The summed E-state index contributed by atoms with van der Waals surface area (Å²) >= 11 is 0. The highest BCUT2D eigenvalue weighted by Gasteiger charge is 2.29. The van der Waals surface area contributed by atoms with Gasteiger partial charge in [0.2, 0.25) is 5.91 Å². The van der Waals surface area contributed by atoms with Crippen LogP contribution in [0.1, 0.15) is 45.3 Å². The molecule has 2 fully saturated rings. The molecule has 0 unspecified atom stereocenters. The normalized spacial score (nSPS) is 19.8. The molecule has 1 aliphatic carbocycles. The largest absolute Gasteiger partial charge is 0.490 e. The van der Waals surface area contributed by atoms with Crippen molar-refractivity contribution in [2.45, 2.75) is 52.7 Å². The summed E-state index contributed by atoms with van der Waals surface area (Å²) in [4.78, 5) is 11.6. The number of hydrogen-bond donors (Lipinski definition) is 1. The summed E-state index contributed by atoms with van der Waals surface area (Å²) in [5, 5.41) is 13.1. The van der Waals surface area contributed by atoms with Crippen LogP contribution in [0.25, 0.3) is 22.0 Å². The van der Waals surface area contributed by atoms with Gasteiger partial charge in [-0.25, -0.2) is 0 Å². The van der Waals surface area contributed by atoms with Crippen molar-refractivity contribution in [2.24, 2.45) is 13.0 Å². The molecule has 1 aliphatic heterocycles. The number of amides is 1. The molecule has 2 atom stereocenters. The number of carbonyl (C=O) groups excluding carboxylic acids is 1. The van der Waals surface area contributed by atoms with Gasteiger partial charge in [0.25, 0.3) is 0 Å². The lowest BCUT2D eigenvalue weighted by Crippen LogP contribution is -2.25. The predicted octanol–water partition coefficient (Wildman–Crippen LogP) is 3.62. The van der Waals surface area contributed by atoms with Crippen LogP contribution in [0.2, 0.25) is 0 Å². The van der Waals surface area contributed by atoms with Crippen LogP contribution in [0.15, 0.2) is 24.5 Å². The van der Waals surface area contributed by atoms with E-state index in [2.05, 4.69) is 45.4 Å². The third kappa shape index (κ3) is 3.50. The number of nitrogens with one attached hydrogen (secondary N) is 1. The van der Waals surface area contributed by atoms with Crippen LogP contribution in [0, 0.1) is 12.8 Å². The molecule has 2 aromatic heterocycles. The number of ether oxygens (including phenoxy) is 1. The molecule has 1 saturated heterocycles. The maximum atomic E-state index is 11.6. The van der Waals surface area contributed by atoms with Crippen molar-refractivity contribution < 1.29 is 9.53 Å². The molecular formula is C22H29N5O2. The second kappa shape index (κ2) is 7.21. The molecule has 3 aromatic rings. The van der Waals surface area contributed by atoms with Gasteiger partial charge in [0.05, 0.1) is 23.1 Å². The van der Waals surface area contributed by atoms with Gasteiger partial charge in [-0.15, -0.1) is 0 Å². The van der Waals surface area contributed by atoms with E-state index in [0.29, 0.717) is 19.0 Å². The Hall–Kier alpha value is -2.83. The van der Waals surface area contributed by atoms with E-state index < -0.39 is 0 Å². The second-order valence-electron chi connectivity index (χ2n) is 8.11. The van der Waals surface area contributed by atoms with E-state index >= 15 is 0 Å². The van der Waals surface area contributed by atoms with Gasteiger partial charge in [0.1, 0.15) is 11.9 Å². The van der Waals surface area contributed by atoms with Gasteiger partial charge in [-0.05, 0) is 44.4 Å². The molecular weight excluding hydrogens is 366 g/mol. The van der Waals surface area contributed by atoms with Crippen molar-refractivity contribution in [2.75, 3.05) is 6.54 Å². The number of carbonyl (C=O) groups is 1. The molecule has 29 heavy (non-hydrogen) atoms. The minimum Gasteiger partial charge on any atom is -0.490 e. The molecule has 2 aliphatic rings. The zero-order valence-corrected chi connectivity index (χ0v) is 16.5. The zero-order chi connectivity index (χ0) is 19.4. The molecule has 7 heteroatoms. The van der Waals surface area contributed by atoms with Crippen LogP contribution in [0.5, 0.6) is 5.75 Å². The first-order valence-electron chi connectivity index (χ1n) is 9.95. The van der Waals surface area contributed by atoms with Crippen molar-refractivity contribution in [1.29, 1.82) is 0 Å². The molecule has 1 saturated carbocycles. The van der Waals surface area contributed by atoms with Crippen molar-refractivity contribution in [1.82, 2.24) is 24.9 Å². The number of nitrogens with zero attached hydrogens (tertiary/aromatic N) is 4. The standard InChI is InChI=1S/C21H25N5O2.CH4/c1-12-21-18(24-25(12)3)6-14(16-10-23-26(11-16)17-4-5-17)7-19(21)28-13(2)15-8-20(27)22-9-15;/h6-7,10-11,13,15,17H,4-5,8-9H2,1-3H3,(H,22,27);1H4/t13-,15-;/m1./s1. The van der Waals surface area contributed by atoms with E-state index in [1.807, 2.05) is 24.9 Å². The molecule has 1 N–H and O–H groups in total. The van der Waals surface area contributed by atoms with Crippen molar-refractivity contribution in [3.8, 4) is 16.9 Å². The molecule has 0 spiro atoms. The Kier molecular flexibility index (Phi) is 4.84. The predicted molar refractivity (Wildman–Crippen MR) is 113 cm³/mol. The third-order valence-corrected chi connectivity index (χ3v) is 6.03. The van der Waals surface area contributed by atoms with Crippen molar-refractivity contribution in [3.05, 3.63) is 30.2 Å². The van der Waals surface area contributed by atoms with Gasteiger partial charge >= 0.3 is 0 Å². The lowest BCUT2D eigenvalue weighted by Gasteiger charge is -2.20. The SMILES string of the molecule is C.Cc1c2c(O[C@H](C)[C@H]3CNC(=O)C3)cc(-c3cnn(C4CC4)c3)cc2nn1C. The first-order chi connectivity index (χ1) is 13.5. The van der Waals surface area contributed by atoms with E-state index in [1.54, 1.807) is 0 Å². The van der Waals surface area contributed by atoms with E-state index in [1.165, 1.54) is 12.8 Å². The number of hydrogen-bond acceptors (Lipinski definition) is 4. The van der Waals surface area contributed by atoms with Crippen LogP contribution in [-0.2, 0) is 11.8 Å². The zero-order valence-electron chi connectivity index (χ0n) is 16.5. The molecule has 0 radical (unpaired) electrons. The Morgan fingerprint density at radius 1 is 1.28 bits per heavy atom. The molecule has 3 heterocycles. The number of fused-ring (bicyclic) bond motifs is 1. The van der Waals surface area contributed by atoms with Crippen LogP contribution >= 0.6 is 0 Å². The van der Waals surface area contributed by atoms with E-state index in [9.17, 15) is 4.79 Å². The topological polar surface area (TPSA) is 74.0 Å². The van der Waals surface area contributed by atoms with Crippen molar-refractivity contribution >= 4 is 16.8 Å². The minimum atomic E-state index is -0.0637. The van der Waals surface area contributed by atoms with Crippen LogP contribution in [-0.4, -0.2) is 38.1 Å². The molecule has 154 valence electrons. The van der Waals surface area contributed by atoms with E-state index in [4.69, 9.17) is 4.74 Å². The molecule has 1 amide bonds. The number of benzene rings is 1. The highest BCUT2D eigenvalue weighted by atomic mass is 16.5. The second-order valence-corrected chi connectivity index (χ2v) is 8.11. The molecule has 0 bridgehead atoms. The monoisotopic (exact) mass is 395 g/mol. The van der Waals surface area contributed by atoms with Gasteiger partial charge in [-0.2, -0.15) is 10.2 Å². The number of aryl methyl sites for hydroxylation is 2. The van der Waals surface area contributed by atoms with Gasteiger partial charge in [-0.1, -0.05) is 7.43 Å². The summed E-state index contributed by atoms with van der Waals surface area (Å²) in [7, 11) is 1.95. The summed E-state index contributed by atoms with van der Waals surface area (Å²) in [5.74, 6) is 1.11. The van der Waals surface area contributed by atoms with Crippen LogP contribution in [0.3, 0.4) is 0 Å². The quantitative estimate of drug-likeness (QED) is 0.716. The molecule has 7 nitrogen and oxygen atoms in total.